The van der Waals surface area contributed by atoms with Gasteiger partial charge in [-0.2, -0.15) is 0 Å². The summed E-state index contributed by atoms with van der Waals surface area (Å²) >= 11 is 0. The van der Waals surface area contributed by atoms with Crippen LogP contribution in [0.3, 0.4) is 0 Å². The van der Waals surface area contributed by atoms with Crippen molar-refractivity contribution < 1.29 is 14.3 Å². The van der Waals surface area contributed by atoms with Crippen molar-refractivity contribution in [3.05, 3.63) is 52.0 Å². The summed E-state index contributed by atoms with van der Waals surface area (Å²) in [5.41, 5.74) is 4.57. The minimum Gasteiger partial charge on any atom is -0.493 e. The Morgan fingerprint density at radius 2 is 2.00 bits per heavy atom. The zero-order valence-electron chi connectivity index (χ0n) is 12.9. The first-order valence-corrected chi connectivity index (χ1v) is 7.55. The van der Waals surface area contributed by atoms with Gasteiger partial charge in [-0.3, -0.25) is 0 Å². The zero-order valence-corrected chi connectivity index (χ0v) is 12.9. The lowest BCUT2D eigenvalue weighted by molar-refractivity contribution is 0.165. The minimum atomic E-state index is -0.466. The molecule has 0 bridgehead atoms. The molecule has 0 spiro atoms. The lowest BCUT2D eigenvalue weighted by Crippen LogP contribution is -2.02. The van der Waals surface area contributed by atoms with Gasteiger partial charge in [-0.25, -0.2) is 0 Å². The highest BCUT2D eigenvalue weighted by atomic mass is 16.5. The van der Waals surface area contributed by atoms with E-state index in [0.717, 1.165) is 47.8 Å². The summed E-state index contributed by atoms with van der Waals surface area (Å²) in [6.45, 7) is 6.66. The third-order valence-corrected chi connectivity index (χ3v) is 4.41. The van der Waals surface area contributed by atoms with E-state index in [9.17, 15) is 5.11 Å². The van der Waals surface area contributed by atoms with Gasteiger partial charge < -0.3 is 14.3 Å². The molecule has 3 heteroatoms. The van der Waals surface area contributed by atoms with Gasteiger partial charge in [-0.1, -0.05) is 12.1 Å². The standard InChI is InChI=1S/C18H22O3/c1-11-12(2)21-13(3)18(11)16(19)6-4-14-5-7-17-15(10-14)8-9-20-17/h5,7,10,16,19H,4,6,8-9H2,1-3H3. The molecule has 0 aliphatic carbocycles. The zero-order chi connectivity index (χ0) is 15.0. The summed E-state index contributed by atoms with van der Waals surface area (Å²) in [5.74, 6) is 2.74. The fourth-order valence-electron chi connectivity index (χ4n) is 3.14. The van der Waals surface area contributed by atoms with Crippen molar-refractivity contribution in [1.82, 2.24) is 0 Å². The van der Waals surface area contributed by atoms with Crippen LogP contribution in [0.5, 0.6) is 5.75 Å². The third-order valence-electron chi connectivity index (χ3n) is 4.41. The molecular weight excluding hydrogens is 264 g/mol. The number of aliphatic hydroxyl groups is 1. The Morgan fingerprint density at radius 1 is 1.19 bits per heavy atom. The molecular formula is C18H22O3. The van der Waals surface area contributed by atoms with Crippen LogP contribution >= 0.6 is 0 Å². The van der Waals surface area contributed by atoms with Crippen molar-refractivity contribution >= 4 is 0 Å². The SMILES string of the molecule is Cc1oc(C)c(C(O)CCc2ccc3c(c2)CCO3)c1C. The smallest absolute Gasteiger partial charge is 0.122 e. The predicted octanol–water partition coefficient (Wildman–Crippen LogP) is 3.81. The highest BCUT2D eigenvalue weighted by Crippen LogP contribution is 2.31. The van der Waals surface area contributed by atoms with E-state index in [0.29, 0.717) is 6.42 Å². The number of furan rings is 1. The number of ether oxygens (including phenoxy) is 1. The summed E-state index contributed by atoms with van der Waals surface area (Å²) < 4.78 is 11.1. The molecule has 2 heterocycles. The van der Waals surface area contributed by atoms with Crippen molar-refractivity contribution in [1.29, 1.82) is 0 Å². The second-order valence-corrected chi connectivity index (χ2v) is 5.85. The van der Waals surface area contributed by atoms with Gasteiger partial charge in [-0.05, 0) is 56.4 Å². The first-order chi connectivity index (χ1) is 10.1. The second kappa shape index (κ2) is 5.57. The van der Waals surface area contributed by atoms with Crippen molar-refractivity contribution in [2.45, 2.75) is 46.1 Å². The van der Waals surface area contributed by atoms with E-state index in [1.807, 2.05) is 26.8 Å². The summed E-state index contributed by atoms with van der Waals surface area (Å²) in [5, 5.41) is 10.5. The van der Waals surface area contributed by atoms with Crippen LogP contribution in [0.1, 0.15) is 46.3 Å². The van der Waals surface area contributed by atoms with Crippen LogP contribution in [0.2, 0.25) is 0 Å². The first-order valence-electron chi connectivity index (χ1n) is 7.55. The molecule has 1 N–H and O–H groups in total. The quantitative estimate of drug-likeness (QED) is 0.929. The Kier molecular flexibility index (Phi) is 3.77. The largest absolute Gasteiger partial charge is 0.493 e. The molecule has 2 aromatic rings. The van der Waals surface area contributed by atoms with Gasteiger partial charge >= 0.3 is 0 Å². The van der Waals surface area contributed by atoms with Crippen LogP contribution < -0.4 is 4.74 Å². The average molecular weight is 286 g/mol. The number of benzene rings is 1. The van der Waals surface area contributed by atoms with E-state index in [1.54, 1.807) is 0 Å². The van der Waals surface area contributed by atoms with Gasteiger partial charge in [0.15, 0.2) is 0 Å². The number of aliphatic hydroxyl groups excluding tert-OH is 1. The Hall–Kier alpha value is -1.74. The summed E-state index contributed by atoms with van der Waals surface area (Å²) in [6, 6.07) is 6.34. The maximum Gasteiger partial charge on any atom is 0.122 e. The minimum absolute atomic E-state index is 0.466. The molecule has 0 fully saturated rings. The molecule has 1 aliphatic rings. The Balaban J connectivity index is 1.70. The fourth-order valence-corrected chi connectivity index (χ4v) is 3.14. The molecule has 1 aliphatic heterocycles. The van der Waals surface area contributed by atoms with Crippen LogP contribution in [0, 0.1) is 20.8 Å². The first kappa shape index (κ1) is 14.2. The van der Waals surface area contributed by atoms with Crippen LogP contribution in [-0.2, 0) is 12.8 Å². The van der Waals surface area contributed by atoms with E-state index < -0.39 is 6.10 Å². The molecule has 0 saturated carbocycles. The third kappa shape index (κ3) is 2.70. The molecule has 0 saturated heterocycles. The number of aryl methyl sites for hydroxylation is 3. The summed E-state index contributed by atoms with van der Waals surface area (Å²) in [4.78, 5) is 0. The molecule has 1 aromatic carbocycles. The second-order valence-electron chi connectivity index (χ2n) is 5.85. The van der Waals surface area contributed by atoms with E-state index in [2.05, 4.69) is 12.1 Å². The van der Waals surface area contributed by atoms with Crippen LogP contribution in [-0.4, -0.2) is 11.7 Å². The summed E-state index contributed by atoms with van der Waals surface area (Å²) in [6.07, 6.45) is 2.09. The number of fused-ring (bicyclic) bond motifs is 1. The van der Waals surface area contributed by atoms with E-state index in [-0.39, 0.29) is 0 Å². The summed E-state index contributed by atoms with van der Waals surface area (Å²) in [7, 11) is 0. The molecule has 0 radical (unpaired) electrons. The molecule has 3 nitrogen and oxygen atoms in total. The fraction of sp³-hybridized carbons (Fsp3) is 0.444. The van der Waals surface area contributed by atoms with Crippen LogP contribution in [0.25, 0.3) is 0 Å². The Labute approximate surface area is 125 Å². The monoisotopic (exact) mass is 286 g/mol. The topological polar surface area (TPSA) is 42.6 Å². The van der Waals surface area contributed by atoms with Gasteiger partial charge in [0, 0.05) is 12.0 Å². The van der Waals surface area contributed by atoms with Crippen molar-refractivity contribution in [2.75, 3.05) is 6.61 Å². The van der Waals surface area contributed by atoms with E-state index in [1.165, 1.54) is 11.1 Å². The molecule has 112 valence electrons. The molecule has 1 aromatic heterocycles. The maximum absolute atomic E-state index is 10.5. The van der Waals surface area contributed by atoms with Gasteiger partial charge in [0.25, 0.3) is 0 Å². The van der Waals surface area contributed by atoms with Crippen molar-refractivity contribution in [2.24, 2.45) is 0 Å². The molecule has 1 atom stereocenters. The van der Waals surface area contributed by atoms with Gasteiger partial charge in [-0.15, -0.1) is 0 Å². The molecule has 0 amide bonds. The van der Waals surface area contributed by atoms with Gasteiger partial charge in [0.05, 0.1) is 12.7 Å². The molecule has 21 heavy (non-hydrogen) atoms. The maximum atomic E-state index is 10.5. The van der Waals surface area contributed by atoms with Crippen molar-refractivity contribution in [3.8, 4) is 5.75 Å². The van der Waals surface area contributed by atoms with E-state index in [4.69, 9.17) is 9.15 Å². The lowest BCUT2D eigenvalue weighted by atomic mass is 9.97. The van der Waals surface area contributed by atoms with Gasteiger partial charge in [0.2, 0.25) is 0 Å². The number of hydrogen-bond donors (Lipinski definition) is 1. The van der Waals surface area contributed by atoms with Crippen molar-refractivity contribution in [3.63, 3.8) is 0 Å². The lowest BCUT2D eigenvalue weighted by Gasteiger charge is -2.12. The van der Waals surface area contributed by atoms with E-state index >= 15 is 0 Å². The molecule has 1 unspecified atom stereocenters. The average Bonchev–Trinajstić information content (AvgIpc) is 3.01. The number of hydrogen-bond acceptors (Lipinski definition) is 3. The highest BCUT2D eigenvalue weighted by molar-refractivity contribution is 5.40. The highest BCUT2D eigenvalue weighted by Gasteiger charge is 2.19. The number of rotatable bonds is 4. The Bertz CT molecular complexity index is 655. The van der Waals surface area contributed by atoms with Gasteiger partial charge in [0.1, 0.15) is 17.3 Å². The molecule has 3 rings (SSSR count). The van der Waals surface area contributed by atoms with Crippen LogP contribution in [0.4, 0.5) is 0 Å². The normalized spacial score (nSPS) is 14.9. The van der Waals surface area contributed by atoms with Crippen LogP contribution in [0.15, 0.2) is 22.6 Å². The predicted molar refractivity (Wildman–Crippen MR) is 81.8 cm³/mol. The Morgan fingerprint density at radius 3 is 2.71 bits per heavy atom.